The second-order valence-corrected chi connectivity index (χ2v) is 5.55. The van der Waals surface area contributed by atoms with Gasteiger partial charge in [0.05, 0.1) is 18.7 Å². The van der Waals surface area contributed by atoms with Crippen LogP contribution in [0.2, 0.25) is 5.02 Å². The van der Waals surface area contributed by atoms with E-state index in [0.29, 0.717) is 28.2 Å². The summed E-state index contributed by atoms with van der Waals surface area (Å²) in [5.41, 5.74) is 5.98. The number of carbonyl (C=O) groups is 1. The summed E-state index contributed by atoms with van der Waals surface area (Å²) in [7, 11) is 0. The Morgan fingerprint density at radius 1 is 1.60 bits per heavy atom. The van der Waals surface area contributed by atoms with Crippen LogP contribution in [0.25, 0.3) is 0 Å². The Labute approximate surface area is 129 Å². The summed E-state index contributed by atoms with van der Waals surface area (Å²) in [6.07, 6.45) is -0.601. The zero-order valence-electron chi connectivity index (χ0n) is 10.4. The van der Waals surface area contributed by atoms with E-state index in [0.717, 1.165) is 0 Å². The number of carbonyl (C=O) groups excluding carboxylic acids is 1. The molecule has 1 aliphatic rings. The molecule has 1 unspecified atom stereocenters. The monoisotopic (exact) mass is 361 g/mol. The highest BCUT2D eigenvalue weighted by molar-refractivity contribution is 9.10. The molecule has 3 N–H and O–H groups in total. The highest BCUT2D eigenvalue weighted by Gasteiger charge is 2.28. The first kappa shape index (κ1) is 15.1. The first-order chi connectivity index (χ1) is 9.52. The average molecular weight is 363 g/mol. The summed E-state index contributed by atoms with van der Waals surface area (Å²) < 4.78 is 6.02. The summed E-state index contributed by atoms with van der Waals surface area (Å²) >= 11 is 9.24. The Morgan fingerprint density at radius 2 is 2.35 bits per heavy atom. The van der Waals surface area contributed by atoms with E-state index in [1.165, 1.54) is 0 Å². The molecule has 20 heavy (non-hydrogen) atoms. The molecular formula is C12H13BrClN3O3. The fourth-order valence-corrected chi connectivity index (χ4v) is 2.50. The van der Waals surface area contributed by atoms with Crippen LogP contribution >= 0.6 is 27.5 Å². The maximum atomic E-state index is 12.5. The zero-order chi connectivity index (χ0) is 14.7. The van der Waals surface area contributed by atoms with Gasteiger partial charge in [-0.15, -0.1) is 0 Å². The van der Waals surface area contributed by atoms with Crippen LogP contribution in [0.4, 0.5) is 0 Å². The fourth-order valence-electron chi connectivity index (χ4n) is 1.91. The molecule has 1 atom stereocenters. The molecule has 0 aliphatic carbocycles. The Morgan fingerprint density at radius 3 is 3.05 bits per heavy atom. The maximum Gasteiger partial charge on any atom is 0.255 e. The lowest BCUT2D eigenvalue weighted by molar-refractivity contribution is 0.00671. The van der Waals surface area contributed by atoms with Crippen LogP contribution < -0.4 is 5.73 Å². The number of amidine groups is 1. The number of hydrogen-bond donors (Lipinski definition) is 2. The highest BCUT2D eigenvalue weighted by atomic mass is 79.9. The number of hydrogen-bond acceptors (Lipinski definition) is 4. The Balaban J connectivity index is 2.18. The highest BCUT2D eigenvalue weighted by Crippen LogP contribution is 2.23. The van der Waals surface area contributed by atoms with Crippen LogP contribution in [-0.4, -0.2) is 47.7 Å². The Kier molecular flexibility index (Phi) is 4.85. The van der Waals surface area contributed by atoms with Gasteiger partial charge in [0, 0.05) is 16.0 Å². The van der Waals surface area contributed by atoms with Crippen molar-refractivity contribution >= 4 is 39.3 Å². The van der Waals surface area contributed by atoms with Crippen molar-refractivity contribution in [2.24, 2.45) is 10.9 Å². The van der Waals surface area contributed by atoms with Gasteiger partial charge in [0.1, 0.15) is 6.10 Å². The van der Waals surface area contributed by atoms with Gasteiger partial charge in [-0.3, -0.25) is 4.79 Å². The van der Waals surface area contributed by atoms with E-state index in [-0.39, 0.29) is 18.3 Å². The smallest absolute Gasteiger partial charge is 0.255 e. The summed E-state index contributed by atoms with van der Waals surface area (Å²) in [5.74, 6) is -0.230. The van der Waals surface area contributed by atoms with E-state index in [2.05, 4.69) is 21.1 Å². The number of amides is 1. The summed E-state index contributed by atoms with van der Waals surface area (Å²) in [4.78, 5) is 14.1. The van der Waals surface area contributed by atoms with Gasteiger partial charge in [-0.2, -0.15) is 0 Å². The Bertz CT molecular complexity index is 553. The van der Waals surface area contributed by atoms with Gasteiger partial charge in [-0.25, -0.2) is 0 Å². The van der Waals surface area contributed by atoms with Gasteiger partial charge in [0.2, 0.25) is 0 Å². The number of benzene rings is 1. The van der Waals surface area contributed by atoms with E-state index in [4.69, 9.17) is 27.3 Å². The molecule has 1 aromatic rings. The minimum Gasteiger partial charge on any atom is -0.409 e. The predicted octanol–water partition coefficient (Wildman–Crippen LogP) is 1.69. The molecule has 1 heterocycles. The van der Waals surface area contributed by atoms with Crippen LogP contribution in [0.3, 0.4) is 0 Å². The number of ether oxygens (including phenoxy) is 1. The molecule has 1 amide bonds. The van der Waals surface area contributed by atoms with Crippen molar-refractivity contribution in [2.45, 2.75) is 6.10 Å². The number of rotatable bonds is 2. The van der Waals surface area contributed by atoms with E-state index in [9.17, 15) is 4.79 Å². The second-order valence-electron chi connectivity index (χ2n) is 4.26. The topological polar surface area (TPSA) is 88.2 Å². The van der Waals surface area contributed by atoms with Crippen molar-refractivity contribution in [2.75, 3.05) is 19.7 Å². The number of morpholine rings is 1. The Hall–Kier alpha value is -1.31. The molecule has 0 spiro atoms. The molecule has 1 fully saturated rings. The molecule has 0 saturated carbocycles. The van der Waals surface area contributed by atoms with Crippen LogP contribution in [-0.2, 0) is 4.74 Å². The number of halogens is 2. The van der Waals surface area contributed by atoms with E-state index in [1.807, 2.05) is 0 Å². The lowest BCUT2D eigenvalue weighted by atomic mass is 10.1. The lowest BCUT2D eigenvalue weighted by Crippen LogP contribution is -2.50. The number of nitrogens with zero attached hydrogens (tertiary/aromatic N) is 2. The standard InChI is InChI=1S/C12H13BrClN3O3/c13-9-2-1-7(14)5-8(9)12(18)17-3-4-20-10(6-17)11(15)16-19/h1-2,5,10,19H,3-4,6H2,(H2,15,16). The van der Waals surface area contributed by atoms with Crippen LogP contribution in [0.1, 0.15) is 10.4 Å². The fraction of sp³-hybridized carbons (Fsp3) is 0.333. The van der Waals surface area contributed by atoms with Gasteiger partial charge in [-0.1, -0.05) is 16.8 Å². The van der Waals surface area contributed by atoms with Crippen molar-refractivity contribution in [3.63, 3.8) is 0 Å². The minimum atomic E-state index is -0.601. The third kappa shape index (κ3) is 3.23. The van der Waals surface area contributed by atoms with Crippen LogP contribution in [0.15, 0.2) is 27.8 Å². The van der Waals surface area contributed by atoms with Gasteiger partial charge in [0.15, 0.2) is 5.84 Å². The third-order valence-corrected chi connectivity index (χ3v) is 3.88. The van der Waals surface area contributed by atoms with Crippen LogP contribution in [0, 0.1) is 0 Å². The largest absolute Gasteiger partial charge is 0.409 e. The van der Waals surface area contributed by atoms with Gasteiger partial charge in [-0.05, 0) is 34.1 Å². The summed E-state index contributed by atoms with van der Waals surface area (Å²) in [6.45, 7) is 0.992. The second kappa shape index (κ2) is 6.43. The van der Waals surface area contributed by atoms with Crippen molar-refractivity contribution in [3.05, 3.63) is 33.3 Å². The van der Waals surface area contributed by atoms with Gasteiger partial charge >= 0.3 is 0 Å². The van der Waals surface area contributed by atoms with Crippen molar-refractivity contribution < 1.29 is 14.7 Å². The third-order valence-electron chi connectivity index (χ3n) is 2.96. The summed E-state index contributed by atoms with van der Waals surface area (Å²) in [6, 6.07) is 5.01. The molecule has 0 aromatic heterocycles. The number of nitrogens with two attached hydrogens (primary N) is 1. The minimum absolute atomic E-state index is 0.0485. The van der Waals surface area contributed by atoms with Crippen molar-refractivity contribution in [1.82, 2.24) is 4.90 Å². The van der Waals surface area contributed by atoms with E-state index < -0.39 is 6.10 Å². The van der Waals surface area contributed by atoms with Gasteiger partial charge in [0.25, 0.3) is 5.91 Å². The normalized spacial score (nSPS) is 20.0. The van der Waals surface area contributed by atoms with E-state index in [1.54, 1.807) is 23.1 Å². The average Bonchev–Trinajstić information content (AvgIpc) is 2.48. The molecule has 2 rings (SSSR count). The molecule has 6 nitrogen and oxygen atoms in total. The van der Waals surface area contributed by atoms with Crippen LogP contribution in [0.5, 0.6) is 0 Å². The first-order valence-electron chi connectivity index (χ1n) is 5.86. The quantitative estimate of drug-likeness (QED) is 0.363. The zero-order valence-corrected chi connectivity index (χ0v) is 12.8. The first-order valence-corrected chi connectivity index (χ1v) is 7.03. The van der Waals surface area contributed by atoms with Crippen molar-refractivity contribution in [1.29, 1.82) is 0 Å². The maximum absolute atomic E-state index is 12.5. The van der Waals surface area contributed by atoms with E-state index >= 15 is 0 Å². The molecule has 8 heteroatoms. The molecule has 0 bridgehead atoms. The molecule has 1 aliphatic heterocycles. The molecule has 108 valence electrons. The number of oxime groups is 1. The predicted molar refractivity (Wildman–Crippen MR) is 78.2 cm³/mol. The SMILES string of the molecule is N/C(=N/O)C1CN(C(=O)c2cc(Cl)ccc2Br)CCO1. The molecule has 1 aromatic carbocycles. The van der Waals surface area contributed by atoms with Gasteiger partial charge < -0.3 is 20.6 Å². The lowest BCUT2D eigenvalue weighted by Gasteiger charge is -2.32. The molecular weight excluding hydrogens is 350 g/mol. The molecule has 1 saturated heterocycles. The van der Waals surface area contributed by atoms with Crippen molar-refractivity contribution in [3.8, 4) is 0 Å². The summed E-state index contributed by atoms with van der Waals surface area (Å²) in [5, 5.41) is 12.1. The molecule has 0 radical (unpaired) electrons.